The standard InChI is InChI=1S/C22H31N5O3.2C4H10.2H2/c1-15-4-3-5-16(2)18(15)10-24-22(30)27-14-21(29)26-13-20(28)25(12-19(26)27)11-17-6-8-23-9-7-17;1-4(2)3;1-3-4-2;;/h3-5,17,19,23H,6-14H2,1-2H3,(H,24,30);4H,1-3H3;3-4H2,1-2H3;2*1H. The van der Waals surface area contributed by atoms with Gasteiger partial charge in [0.05, 0.1) is 6.54 Å². The van der Waals surface area contributed by atoms with E-state index in [1.807, 2.05) is 36.9 Å². The number of nitrogens with one attached hydrogen (secondary N) is 2. The minimum atomic E-state index is -0.380. The van der Waals surface area contributed by atoms with E-state index in [0.29, 0.717) is 25.6 Å². The molecule has 8 heteroatoms. The number of piperazine rings is 1. The second-order valence-corrected chi connectivity index (χ2v) is 11.4. The van der Waals surface area contributed by atoms with E-state index in [1.54, 1.807) is 9.80 Å². The minimum absolute atomic E-state index is 0. The Morgan fingerprint density at radius 1 is 1.03 bits per heavy atom. The van der Waals surface area contributed by atoms with Gasteiger partial charge in [0.1, 0.15) is 19.3 Å². The van der Waals surface area contributed by atoms with Gasteiger partial charge >= 0.3 is 6.03 Å². The summed E-state index contributed by atoms with van der Waals surface area (Å²) in [4.78, 5) is 43.0. The highest BCUT2D eigenvalue weighted by molar-refractivity contribution is 5.92. The van der Waals surface area contributed by atoms with Crippen molar-refractivity contribution in [3.8, 4) is 0 Å². The van der Waals surface area contributed by atoms with E-state index in [2.05, 4.69) is 45.3 Å². The molecule has 218 valence electrons. The number of unbranched alkanes of at least 4 members (excludes halogenated alkanes) is 1. The molecule has 0 aromatic heterocycles. The van der Waals surface area contributed by atoms with Crippen molar-refractivity contribution in [2.75, 3.05) is 39.3 Å². The summed E-state index contributed by atoms with van der Waals surface area (Å²) in [6.45, 7) is 18.5. The maximum absolute atomic E-state index is 12.9. The molecule has 1 aromatic rings. The molecule has 0 bridgehead atoms. The summed E-state index contributed by atoms with van der Waals surface area (Å²) in [6.07, 6.45) is 4.36. The summed E-state index contributed by atoms with van der Waals surface area (Å²) >= 11 is 0. The molecular formula is C30H55N5O3. The Kier molecular flexibility index (Phi) is 13.1. The van der Waals surface area contributed by atoms with Gasteiger partial charge in [-0.25, -0.2) is 4.79 Å². The van der Waals surface area contributed by atoms with Crippen molar-refractivity contribution in [2.45, 2.75) is 86.9 Å². The van der Waals surface area contributed by atoms with Gasteiger partial charge in [-0.15, -0.1) is 0 Å². The maximum atomic E-state index is 12.9. The molecule has 0 spiro atoms. The topological polar surface area (TPSA) is 85.0 Å². The van der Waals surface area contributed by atoms with Crippen LogP contribution in [-0.2, 0) is 16.1 Å². The lowest BCUT2D eigenvalue weighted by molar-refractivity contribution is -0.146. The lowest BCUT2D eigenvalue weighted by atomic mass is 9.97. The zero-order chi connectivity index (χ0) is 28.2. The van der Waals surface area contributed by atoms with Crippen LogP contribution >= 0.6 is 0 Å². The molecule has 3 heterocycles. The highest BCUT2D eigenvalue weighted by atomic mass is 16.2. The van der Waals surface area contributed by atoms with Crippen molar-refractivity contribution in [1.82, 2.24) is 25.3 Å². The van der Waals surface area contributed by atoms with Crippen LogP contribution in [-0.4, -0.2) is 78.0 Å². The Morgan fingerprint density at radius 3 is 2.16 bits per heavy atom. The van der Waals surface area contributed by atoms with Gasteiger partial charge < -0.3 is 20.4 Å². The SMILES string of the molecule is CC(C)C.CCCC.Cc1cccc(C)c1CNC(=O)N1CC(=O)N2CC(=O)N(CC3CCNCC3)CC21.[HH].[HH]. The fraction of sp³-hybridized carbons (Fsp3) is 0.700. The second kappa shape index (κ2) is 15.7. The fourth-order valence-electron chi connectivity index (χ4n) is 4.76. The number of hydrogen-bond acceptors (Lipinski definition) is 4. The fourth-order valence-corrected chi connectivity index (χ4v) is 4.76. The number of carbonyl (C=O) groups excluding carboxylic acids is 3. The third-order valence-electron chi connectivity index (χ3n) is 7.15. The van der Waals surface area contributed by atoms with Crippen molar-refractivity contribution in [1.29, 1.82) is 0 Å². The number of amides is 4. The molecule has 3 aliphatic heterocycles. The largest absolute Gasteiger partial charge is 0.337 e. The molecular weight excluding hydrogens is 478 g/mol. The maximum Gasteiger partial charge on any atom is 0.319 e. The average Bonchev–Trinajstić information content (AvgIpc) is 3.19. The number of piperidine rings is 1. The number of aryl methyl sites for hydroxylation is 2. The Hall–Kier alpha value is -2.61. The van der Waals surface area contributed by atoms with Crippen LogP contribution in [0.3, 0.4) is 0 Å². The summed E-state index contributed by atoms with van der Waals surface area (Å²) in [7, 11) is 0. The normalized spacial score (nSPS) is 19.5. The quantitative estimate of drug-likeness (QED) is 0.570. The van der Waals surface area contributed by atoms with Gasteiger partial charge in [0, 0.05) is 15.9 Å². The van der Waals surface area contributed by atoms with E-state index in [4.69, 9.17) is 0 Å². The van der Waals surface area contributed by atoms with Crippen molar-refractivity contribution in [3.63, 3.8) is 0 Å². The number of hydrogen-bond donors (Lipinski definition) is 2. The van der Waals surface area contributed by atoms with Gasteiger partial charge in [0.2, 0.25) is 11.8 Å². The number of nitrogens with zero attached hydrogens (tertiary/aromatic N) is 3. The van der Waals surface area contributed by atoms with Crippen LogP contribution < -0.4 is 10.6 Å². The molecule has 3 fully saturated rings. The number of carbonyl (C=O) groups is 3. The number of rotatable bonds is 5. The highest BCUT2D eigenvalue weighted by Crippen LogP contribution is 2.24. The van der Waals surface area contributed by atoms with Gasteiger partial charge in [-0.05, 0) is 68.3 Å². The van der Waals surface area contributed by atoms with Gasteiger partial charge in [0.25, 0.3) is 0 Å². The monoisotopic (exact) mass is 533 g/mol. The first-order valence-electron chi connectivity index (χ1n) is 14.5. The molecule has 38 heavy (non-hydrogen) atoms. The minimum Gasteiger partial charge on any atom is -0.337 e. The highest BCUT2D eigenvalue weighted by Gasteiger charge is 2.46. The van der Waals surface area contributed by atoms with Crippen LogP contribution in [0.2, 0.25) is 0 Å². The third kappa shape index (κ3) is 9.29. The molecule has 1 atom stereocenters. The predicted molar refractivity (Wildman–Crippen MR) is 158 cm³/mol. The summed E-state index contributed by atoms with van der Waals surface area (Å²) < 4.78 is 0. The molecule has 8 nitrogen and oxygen atoms in total. The van der Waals surface area contributed by atoms with Gasteiger partial charge in [-0.1, -0.05) is 65.7 Å². The molecule has 1 aromatic carbocycles. The molecule has 3 aliphatic rings. The zero-order valence-electron chi connectivity index (χ0n) is 24.8. The lowest BCUT2D eigenvalue weighted by Gasteiger charge is -2.41. The summed E-state index contributed by atoms with van der Waals surface area (Å²) in [6, 6.07) is 5.81. The van der Waals surface area contributed by atoms with Crippen molar-refractivity contribution in [3.05, 3.63) is 34.9 Å². The van der Waals surface area contributed by atoms with Crippen molar-refractivity contribution >= 4 is 17.8 Å². The van der Waals surface area contributed by atoms with E-state index in [0.717, 1.165) is 48.5 Å². The number of urea groups is 1. The molecule has 0 saturated carbocycles. The summed E-state index contributed by atoms with van der Waals surface area (Å²) in [5.41, 5.74) is 3.36. The first-order valence-corrected chi connectivity index (χ1v) is 14.5. The van der Waals surface area contributed by atoms with Crippen LogP contribution in [0.5, 0.6) is 0 Å². The lowest BCUT2D eigenvalue weighted by Crippen LogP contribution is -2.60. The van der Waals surface area contributed by atoms with Crippen LogP contribution in [0.4, 0.5) is 4.79 Å². The van der Waals surface area contributed by atoms with Crippen LogP contribution in [0.15, 0.2) is 18.2 Å². The first-order chi connectivity index (χ1) is 18.1. The summed E-state index contributed by atoms with van der Waals surface area (Å²) in [5.74, 6) is 1.14. The smallest absolute Gasteiger partial charge is 0.319 e. The Balaban J connectivity index is 0.00000135. The second-order valence-electron chi connectivity index (χ2n) is 11.4. The van der Waals surface area contributed by atoms with E-state index in [9.17, 15) is 14.4 Å². The van der Waals surface area contributed by atoms with Crippen LogP contribution in [0.1, 0.15) is 79.8 Å². The first kappa shape index (κ1) is 31.6. The Morgan fingerprint density at radius 2 is 1.61 bits per heavy atom. The van der Waals surface area contributed by atoms with E-state index in [-0.39, 0.29) is 40.0 Å². The molecule has 3 saturated heterocycles. The van der Waals surface area contributed by atoms with Gasteiger partial charge in [-0.2, -0.15) is 0 Å². The Bertz CT molecular complexity index is 900. The Labute approximate surface area is 233 Å². The van der Waals surface area contributed by atoms with Crippen LogP contribution in [0.25, 0.3) is 0 Å². The van der Waals surface area contributed by atoms with Gasteiger partial charge in [-0.3, -0.25) is 14.5 Å². The molecule has 1 unspecified atom stereocenters. The average molecular weight is 534 g/mol. The summed E-state index contributed by atoms with van der Waals surface area (Å²) in [5, 5.41) is 6.33. The molecule has 2 N–H and O–H groups in total. The van der Waals surface area contributed by atoms with Gasteiger partial charge in [0.15, 0.2) is 0 Å². The van der Waals surface area contributed by atoms with Crippen LogP contribution in [0, 0.1) is 25.7 Å². The third-order valence-corrected chi connectivity index (χ3v) is 7.15. The van der Waals surface area contributed by atoms with E-state index in [1.165, 1.54) is 12.8 Å². The zero-order valence-corrected chi connectivity index (χ0v) is 24.8. The molecule has 4 amide bonds. The molecule has 0 radical (unpaired) electrons. The number of benzene rings is 1. The molecule has 4 rings (SSSR count). The predicted octanol–water partition coefficient (Wildman–Crippen LogP) is 4.79. The molecule has 0 aliphatic carbocycles. The van der Waals surface area contributed by atoms with Crippen molar-refractivity contribution < 1.29 is 17.2 Å². The van der Waals surface area contributed by atoms with E-state index < -0.39 is 0 Å². The number of fused-ring (bicyclic) bond motifs is 1. The van der Waals surface area contributed by atoms with Crippen molar-refractivity contribution in [2.24, 2.45) is 11.8 Å². The van der Waals surface area contributed by atoms with E-state index >= 15 is 0 Å².